The van der Waals surface area contributed by atoms with Crippen molar-refractivity contribution >= 4 is 29.1 Å². The topological polar surface area (TPSA) is 76.8 Å². The SMILES string of the molecule is COC(=O)c1ccc2c(c1)CCN(C(=O)c1cc3ncc(Cl)cn3n1)C2C. The summed E-state index contributed by atoms with van der Waals surface area (Å²) in [6, 6.07) is 6.98. The summed E-state index contributed by atoms with van der Waals surface area (Å²) in [6.45, 7) is 2.51. The summed E-state index contributed by atoms with van der Waals surface area (Å²) in [7, 11) is 1.36. The Kier molecular flexibility index (Phi) is 4.31. The number of aromatic nitrogens is 3. The Bertz CT molecular complexity index is 1060. The number of benzene rings is 1. The summed E-state index contributed by atoms with van der Waals surface area (Å²) < 4.78 is 6.28. The molecule has 1 atom stereocenters. The van der Waals surface area contributed by atoms with Crippen molar-refractivity contribution in [3.05, 3.63) is 64.1 Å². The highest BCUT2D eigenvalue weighted by Gasteiger charge is 2.30. The minimum absolute atomic E-state index is 0.130. The first-order valence-corrected chi connectivity index (χ1v) is 8.89. The zero-order valence-corrected chi connectivity index (χ0v) is 15.6. The first kappa shape index (κ1) is 17.5. The molecule has 0 aliphatic carbocycles. The molecule has 0 saturated carbocycles. The first-order chi connectivity index (χ1) is 13.0. The Morgan fingerprint density at radius 2 is 2.11 bits per heavy atom. The first-order valence-electron chi connectivity index (χ1n) is 8.51. The molecule has 1 amide bonds. The van der Waals surface area contributed by atoms with Crippen LogP contribution >= 0.6 is 11.6 Å². The molecule has 27 heavy (non-hydrogen) atoms. The van der Waals surface area contributed by atoms with Gasteiger partial charge in [-0.05, 0) is 36.6 Å². The monoisotopic (exact) mass is 384 g/mol. The molecule has 2 aromatic heterocycles. The molecular formula is C19H17ClN4O3. The van der Waals surface area contributed by atoms with Crippen molar-refractivity contribution in [3.8, 4) is 0 Å². The molecule has 0 fully saturated rings. The summed E-state index contributed by atoms with van der Waals surface area (Å²) in [4.78, 5) is 30.7. The number of ether oxygens (including phenoxy) is 1. The minimum atomic E-state index is -0.361. The quantitative estimate of drug-likeness (QED) is 0.635. The van der Waals surface area contributed by atoms with Crippen LogP contribution < -0.4 is 0 Å². The van der Waals surface area contributed by atoms with Gasteiger partial charge in [0.25, 0.3) is 5.91 Å². The molecule has 7 nitrogen and oxygen atoms in total. The van der Waals surface area contributed by atoms with E-state index < -0.39 is 0 Å². The van der Waals surface area contributed by atoms with Crippen LogP contribution in [0, 0.1) is 0 Å². The molecule has 8 heteroatoms. The van der Waals surface area contributed by atoms with Crippen LogP contribution in [0.3, 0.4) is 0 Å². The van der Waals surface area contributed by atoms with Gasteiger partial charge < -0.3 is 9.64 Å². The van der Waals surface area contributed by atoms with Gasteiger partial charge in [0, 0.05) is 18.8 Å². The van der Waals surface area contributed by atoms with Crippen molar-refractivity contribution in [2.24, 2.45) is 0 Å². The fourth-order valence-corrected chi connectivity index (χ4v) is 3.60. The molecular weight excluding hydrogens is 368 g/mol. The van der Waals surface area contributed by atoms with E-state index in [2.05, 4.69) is 10.1 Å². The van der Waals surface area contributed by atoms with Crippen LogP contribution in [0.1, 0.15) is 44.9 Å². The van der Waals surface area contributed by atoms with Gasteiger partial charge in [0.2, 0.25) is 0 Å². The summed E-state index contributed by atoms with van der Waals surface area (Å²) in [5.74, 6) is -0.522. The fraction of sp³-hybridized carbons (Fsp3) is 0.263. The number of fused-ring (bicyclic) bond motifs is 2. The Labute approximate surface area is 160 Å². The highest BCUT2D eigenvalue weighted by molar-refractivity contribution is 6.30. The van der Waals surface area contributed by atoms with Gasteiger partial charge in [0.15, 0.2) is 11.3 Å². The molecule has 3 aromatic rings. The maximum absolute atomic E-state index is 13.0. The molecule has 3 heterocycles. The molecule has 0 spiro atoms. The van der Waals surface area contributed by atoms with E-state index in [1.165, 1.54) is 17.8 Å². The van der Waals surface area contributed by atoms with Crippen molar-refractivity contribution in [1.82, 2.24) is 19.5 Å². The van der Waals surface area contributed by atoms with Crippen molar-refractivity contribution in [2.45, 2.75) is 19.4 Å². The molecule has 1 aromatic carbocycles. The van der Waals surface area contributed by atoms with Gasteiger partial charge in [-0.15, -0.1) is 0 Å². The number of carbonyl (C=O) groups is 2. The Morgan fingerprint density at radius 1 is 1.30 bits per heavy atom. The highest BCUT2D eigenvalue weighted by Crippen LogP contribution is 2.31. The van der Waals surface area contributed by atoms with E-state index in [-0.39, 0.29) is 17.9 Å². The average molecular weight is 385 g/mol. The summed E-state index contributed by atoms with van der Waals surface area (Å²) >= 11 is 5.93. The van der Waals surface area contributed by atoms with Gasteiger partial charge in [0.1, 0.15) is 0 Å². The van der Waals surface area contributed by atoms with Gasteiger partial charge in [-0.3, -0.25) is 4.79 Å². The number of methoxy groups -OCH3 is 1. The molecule has 1 aliphatic heterocycles. The number of carbonyl (C=O) groups excluding carboxylic acids is 2. The molecule has 4 rings (SSSR count). The molecule has 1 aliphatic rings. The highest BCUT2D eigenvalue weighted by atomic mass is 35.5. The van der Waals surface area contributed by atoms with Crippen LogP contribution in [-0.2, 0) is 11.2 Å². The van der Waals surface area contributed by atoms with Gasteiger partial charge in [-0.25, -0.2) is 14.3 Å². The van der Waals surface area contributed by atoms with Crippen molar-refractivity contribution in [3.63, 3.8) is 0 Å². The van der Waals surface area contributed by atoms with Crippen LogP contribution in [0.2, 0.25) is 5.02 Å². The third kappa shape index (κ3) is 3.04. The Balaban J connectivity index is 1.63. The number of hydrogen-bond donors (Lipinski definition) is 0. The number of halogens is 1. The smallest absolute Gasteiger partial charge is 0.337 e. The standard InChI is InChI=1S/C19H17ClN4O3/c1-11-15-4-3-13(19(26)27-2)7-12(15)5-6-23(11)18(25)16-8-17-21-9-14(20)10-24(17)22-16/h3-4,7-11H,5-6H2,1-2H3. The van der Waals surface area contributed by atoms with E-state index in [1.54, 1.807) is 23.2 Å². The van der Waals surface area contributed by atoms with Crippen LogP contribution in [-0.4, -0.2) is 45.0 Å². The van der Waals surface area contributed by atoms with E-state index in [0.717, 1.165) is 11.1 Å². The molecule has 138 valence electrons. The predicted molar refractivity (Wildman–Crippen MR) is 98.9 cm³/mol. The van der Waals surface area contributed by atoms with Gasteiger partial charge in [-0.2, -0.15) is 5.10 Å². The van der Waals surface area contributed by atoms with E-state index in [0.29, 0.717) is 34.9 Å². The van der Waals surface area contributed by atoms with Crippen LogP contribution in [0.4, 0.5) is 0 Å². The number of hydrogen-bond acceptors (Lipinski definition) is 5. The Morgan fingerprint density at radius 3 is 2.89 bits per heavy atom. The summed E-state index contributed by atoms with van der Waals surface area (Å²) in [5, 5.41) is 4.76. The molecule has 1 unspecified atom stereocenters. The zero-order valence-electron chi connectivity index (χ0n) is 14.8. The van der Waals surface area contributed by atoms with Crippen LogP contribution in [0.15, 0.2) is 36.7 Å². The molecule has 0 radical (unpaired) electrons. The van der Waals surface area contributed by atoms with E-state index in [4.69, 9.17) is 16.3 Å². The number of nitrogens with zero attached hydrogens (tertiary/aromatic N) is 4. The van der Waals surface area contributed by atoms with Crippen LogP contribution in [0.25, 0.3) is 5.65 Å². The lowest BCUT2D eigenvalue weighted by Crippen LogP contribution is -2.39. The third-order valence-electron chi connectivity index (χ3n) is 4.87. The maximum Gasteiger partial charge on any atom is 0.337 e. The molecule has 0 saturated heterocycles. The third-order valence-corrected chi connectivity index (χ3v) is 5.06. The maximum atomic E-state index is 13.0. The lowest BCUT2D eigenvalue weighted by atomic mass is 9.91. The van der Waals surface area contributed by atoms with Crippen molar-refractivity contribution < 1.29 is 14.3 Å². The van der Waals surface area contributed by atoms with Gasteiger partial charge in [0.05, 0.1) is 29.9 Å². The van der Waals surface area contributed by atoms with E-state index in [1.807, 2.05) is 19.1 Å². The second-order valence-electron chi connectivity index (χ2n) is 6.43. The average Bonchev–Trinajstić information content (AvgIpc) is 3.10. The molecule has 0 bridgehead atoms. The van der Waals surface area contributed by atoms with Gasteiger partial charge >= 0.3 is 5.97 Å². The van der Waals surface area contributed by atoms with E-state index >= 15 is 0 Å². The second-order valence-corrected chi connectivity index (χ2v) is 6.87. The van der Waals surface area contributed by atoms with Crippen molar-refractivity contribution in [1.29, 1.82) is 0 Å². The predicted octanol–water partition coefficient (Wildman–Crippen LogP) is 2.93. The lowest BCUT2D eigenvalue weighted by molar-refractivity contribution is 0.0597. The lowest BCUT2D eigenvalue weighted by Gasteiger charge is -2.35. The normalized spacial score (nSPS) is 16.3. The minimum Gasteiger partial charge on any atom is -0.465 e. The van der Waals surface area contributed by atoms with Crippen LogP contribution in [0.5, 0.6) is 0 Å². The number of rotatable bonds is 2. The zero-order chi connectivity index (χ0) is 19.1. The van der Waals surface area contributed by atoms with Crippen molar-refractivity contribution in [2.75, 3.05) is 13.7 Å². The largest absolute Gasteiger partial charge is 0.465 e. The molecule has 0 N–H and O–H groups in total. The number of esters is 1. The summed E-state index contributed by atoms with van der Waals surface area (Å²) in [6.07, 6.45) is 3.79. The van der Waals surface area contributed by atoms with Gasteiger partial charge in [-0.1, -0.05) is 17.7 Å². The number of amides is 1. The fourth-order valence-electron chi connectivity index (χ4n) is 3.46. The van der Waals surface area contributed by atoms with E-state index in [9.17, 15) is 9.59 Å². The second kappa shape index (κ2) is 6.66. The Hall–Kier alpha value is -2.93. The summed E-state index contributed by atoms with van der Waals surface area (Å²) in [5.41, 5.74) is 3.48.